The monoisotopic (exact) mass is 211 g/mol. The molecule has 15 heavy (non-hydrogen) atoms. The first-order valence-electron chi connectivity index (χ1n) is 4.92. The van der Waals surface area contributed by atoms with E-state index in [0.717, 1.165) is 18.6 Å². The smallest absolute Gasteiger partial charge is 0.128 e. The van der Waals surface area contributed by atoms with Crippen molar-refractivity contribution in [1.82, 2.24) is 5.32 Å². The van der Waals surface area contributed by atoms with E-state index in [9.17, 15) is 8.78 Å². The molecule has 0 fully saturated rings. The van der Waals surface area contributed by atoms with E-state index in [1.54, 1.807) is 13.1 Å². The van der Waals surface area contributed by atoms with Crippen LogP contribution in [0.5, 0.6) is 0 Å². The predicted molar refractivity (Wildman–Crippen MR) is 57.6 cm³/mol. The van der Waals surface area contributed by atoms with E-state index >= 15 is 0 Å². The number of halogens is 2. The lowest BCUT2D eigenvalue weighted by molar-refractivity contribution is 0.504. The SMILES string of the molecule is C=CCCC(NC)c1cc(F)ccc1F. The van der Waals surface area contributed by atoms with Gasteiger partial charge in [0, 0.05) is 11.6 Å². The van der Waals surface area contributed by atoms with Crippen molar-refractivity contribution in [1.29, 1.82) is 0 Å². The molecule has 0 amide bonds. The zero-order valence-electron chi connectivity index (χ0n) is 8.76. The molecule has 0 radical (unpaired) electrons. The fourth-order valence-corrected chi connectivity index (χ4v) is 1.52. The molecule has 0 heterocycles. The van der Waals surface area contributed by atoms with Crippen molar-refractivity contribution >= 4 is 0 Å². The molecule has 1 nitrogen and oxygen atoms in total. The number of hydrogen-bond acceptors (Lipinski definition) is 1. The highest BCUT2D eigenvalue weighted by molar-refractivity contribution is 5.22. The maximum atomic E-state index is 13.4. The second-order valence-electron chi connectivity index (χ2n) is 3.37. The molecule has 1 N–H and O–H groups in total. The van der Waals surface area contributed by atoms with Gasteiger partial charge in [-0.05, 0) is 38.1 Å². The average Bonchev–Trinajstić information content (AvgIpc) is 2.24. The third-order valence-electron chi connectivity index (χ3n) is 2.34. The van der Waals surface area contributed by atoms with Crippen LogP contribution in [0.3, 0.4) is 0 Å². The molecule has 1 unspecified atom stereocenters. The van der Waals surface area contributed by atoms with E-state index in [-0.39, 0.29) is 11.9 Å². The largest absolute Gasteiger partial charge is 0.313 e. The second-order valence-corrected chi connectivity index (χ2v) is 3.37. The summed E-state index contributed by atoms with van der Waals surface area (Å²) in [5.41, 5.74) is 0.374. The lowest BCUT2D eigenvalue weighted by Crippen LogP contribution is -2.17. The van der Waals surface area contributed by atoms with Gasteiger partial charge in [0.25, 0.3) is 0 Å². The molecular weight excluding hydrogens is 196 g/mol. The number of benzene rings is 1. The number of allylic oxidation sites excluding steroid dienone is 1. The fraction of sp³-hybridized carbons (Fsp3) is 0.333. The molecular formula is C12H15F2N. The van der Waals surface area contributed by atoms with Crippen molar-refractivity contribution in [3.63, 3.8) is 0 Å². The van der Waals surface area contributed by atoms with Crippen molar-refractivity contribution in [2.45, 2.75) is 18.9 Å². The van der Waals surface area contributed by atoms with Crippen molar-refractivity contribution in [3.8, 4) is 0 Å². The van der Waals surface area contributed by atoms with Crippen molar-refractivity contribution in [2.24, 2.45) is 0 Å². The summed E-state index contributed by atoms with van der Waals surface area (Å²) in [6.07, 6.45) is 3.24. The van der Waals surface area contributed by atoms with E-state index in [1.807, 2.05) is 0 Å². The molecule has 3 heteroatoms. The summed E-state index contributed by atoms with van der Waals surface area (Å²) in [6, 6.07) is 3.35. The Bertz CT molecular complexity index is 336. The molecule has 0 saturated heterocycles. The van der Waals surface area contributed by atoms with Gasteiger partial charge in [0.1, 0.15) is 11.6 Å². The van der Waals surface area contributed by atoms with Gasteiger partial charge in [-0.15, -0.1) is 6.58 Å². The molecule has 0 spiro atoms. The molecule has 0 aliphatic rings. The third kappa shape index (κ3) is 3.13. The van der Waals surface area contributed by atoms with E-state index in [1.165, 1.54) is 6.07 Å². The van der Waals surface area contributed by atoms with Gasteiger partial charge in [-0.2, -0.15) is 0 Å². The Hall–Kier alpha value is -1.22. The van der Waals surface area contributed by atoms with E-state index in [4.69, 9.17) is 0 Å². The van der Waals surface area contributed by atoms with Gasteiger partial charge >= 0.3 is 0 Å². The van der Waals surface area contributed by atoms with Crippen LogP contribution in [0.25, 0.3) is 0 Å². The Balaban J connectivity index is 2.89. The van der Waals surface area contributed by atoms with Crippen LogP contribution in [0.15, 0.2) is 30.9 Å². The Morgan fingerprint density at radius 2 is 2.20 bits per heavy atom. The number of rotatable bonds is 5. The van der Waals surface area contributed by atoms with Crippen LogP contribution >= 0.6 is 0 Å². The number of nitrogens with one attached hydrogen (secondary N) is 1. The van der Waals surface area contributed by atoms with Gasteiger partial charge in [0.05, 0.1) is 0 Å². The highest BCUT2D eigenvalue weighted by Crippen LogP contribution is 2.22. The van der Waals surface area contributed by atoms with Crippen LogP contribution in [-0.4, -0.2) is 7.05 Å². The maximum absolute atomic E-state index is 13.4. The van der Waals surface area contributed by atoms with Gasteiger partial charge in [-0.3, -0.25) is 0 Å². The summed E-state index contributed by atoms with van der Waals surface area (Å²) in [5.74, 6) is -0.787. The molecule has 0 aromatic heterocycles. The minimum Gasteiger partial charge on any atom is -0.313 e. The summed E-state index contributed by atoms with van der Waals surface area (Å²) in [6.45, 7) is 3.60. The predicted octanol–water partition coefficient (Wildman–Crippen LogP) is 3.19. The first-order chi connectivity index (χ1) is 7.19. The molecule has 1 rings (SSSR count). The molecule has 82 valence electrons. The Labute approximate surface area is 88.8 Å². The lowest BCUT2D eigenvalue weighted by Gasteiger charge is -2.16. The van der Waals surface area contributed by atoms with E-state index in [2.05, 4.69) is 11.9 Å². The standard InChI is InChI=1S/C12H15F2N/c1-3-4-5-12(15-2)10-8-9(13)6-7-11(10)14/h3,6-8,12,15H,1,4-5H2,2H3. The summed E-state index contributed by atoms with van der Waals surface area (Å²) < 4.78 is 26.4. The van der Waals surface area contributed by atoms with Gasteiger partial charge < -0.3 is 5.32 Å². The molecule has 0 saturated carbocycles. The van der Waals surface area contributed by atoms with Crippen LogP contribution < -0.4 is 5.32 Å². The summed E-state index contributed by atoms with van der Waals surface area (Å²) in [7, 11) is 1.73. The first-order valence-corrected chi connectivity index (χ1v) is 4.92. The zero-order valence-corrected chi connectivity index (χ0v) is 8.76. The maximum Gasteiger partial charge on any atom is 0.128 e. The molecule has 1 atom stereocenters. The second kappa shape index (κ2) is 5.61. The lowest BCUT2D eigenvalue weighted by atomic mass is 10.0. The van der Waals surface area contributed by atoms with Gasteiger partial charge in [-0.1, -0.05) is 6.08 Å². The van der Waals surface area contributed by atoms with Gasteiger partial charge in [0.2, 0.25) is 0 Å². The van der Waals surface area contributed by atoms with Crippen LogP contribution in [0.1, 0.15) is 24.4 Å². The van der Waals surface area contributed by atoms with Crippen LogP contribution in [0, 0.1) is 11.6 Å². The highest BCUT2D eigenvalue weighted by atomic mass is 19.1. The molecule has 1 aromatic rings. The van der Waals surface area contributed by atoms with Crippen molar-refractivity contribution < 1.29 is 8.78 Å². The van der Waals surface area contributed by atoms with Crippen LogP contribution in [0.2, 0.25) is 0 Å². The summed E-state index contributed by atoms with van der Waals surface area (Å²) >= 11 is 0. The number of hydrogen-bond donors (Lipinski definition) is 1. The van der Waals surface area contributed by atoms with E-state index < -0.39 is 5.82 Å². The molecule has 0 aliphatic carbocycles. The highest BCUT2D eigenvalue weighted by Gasteiger charge is 2.13. The third-order valence-corrected chi connectivity index (χ3v) is 2.34. The average molecular weight is 211 g/mol. The summed E-state index contributed by atoms with van der Waals surface area (Å²) in [5, 5.41) is 2.97. The Morgan fingerprint density at radius 3 is 2.80 bits per heavy atom. The van der Waals surface area contributed by atoms with Gasteiger partial charge in [-0.25, -0.2) is 8.78 Å². The minimum absolute atomic E-state index is 0.168. The van der Waals surface area contributed by atoms with E-state index in [0.29, 0.717) is 12.0 Å². The Kier molecular flexibility index (Phi) is 4.43. The fourth-order valence-electron chi connectivity index (χ4n) is 1.52. The topological polar surface area (TPSA) is 12.0 Å². The molecule has 0 bridgehead atoms. The van der Waals surface area contributed by atoms with Gasteiger partial charge in [0.15, 0.2) is 0 Å². The summed E-state index contributed by atoms with van der Waals surface area (Å²) in [4.78, 5) is 0. The quantitative estimate of drug-likeness (QED) is 0.737. The van der Waals surface area contributed by atoms with Crippen molar-refractivity contribution in [2.75, 3.05) is 7.05 Å². The molecule has 1 aromatic carbocycles. The molecule has 0 aliphatic heterocycles. The minimum atomic E-state index is -0.412. The Morgan fingerprint density at radius 1 is 1.47 bits per heavy atom. The van der Waals surface area contributed by atoms with Crippen LogP contribution in [-0.2, 0) is 0 Å². The first kappa shape index (κ1) is 11.9. The van der Waals surface area contributed by atoms with Crippen molar-refractivity contribution in [3.05, 3.63) is 48.1 Å². The van der Waals surface area contributed by atoms with Crippen LogP contribution in [0.4, 0.5) is 8.78 Å². The normalized spacial score (nSPS) is 12.5. The zero-order chi connectivity index (χ0) is 11.3.